The number of nitrogens with zero attached hydrogens (tertiary/aromatic N) is 1. The summed E-state index contributed by atoms with van der Waals surface area (Å²) in [5.74, 6) is 0. The molecule has 0 fully saturated rings. The average Bonchev–Trinajstić information content (AvgIpc) is 2.83. The van der Waals surface area contributed by atoms with Gasteiger partial charge in [-0.15, -0.1) is 0 Å². The lowest BCUT2D eigenvalue weighted by molar-refractivity contribution is -0.0435. The first-order chi connectivity index (χ1) is 9.66. The molecule has 0 spiro atoms. The Kier molecular flexibility index (Phi) is 3.74. The first-order valence-corrected chi connectivity index (χ1v) is 7.23. The van der Waals surface area contributed by atoms with Gasteiger partial charge in [-0.2, -0.15) is 18.4 Å². The van der Waals surface area contributed by atoms with Crippen molar-refractivity contribution >= 4 is 21.4 Å². The quantitative estimate of drug-likeness (QED) is 0.913. The summed E-state index contributed by atoms with van der Waals surface area (Å²) in [4.78, 5) is 1.37. The van der Waals surface area contributed by atoms with E-state index >= 15 is 0 Å². The van der Waals surface area contributed by atoms with E-state index in [-0.39, 0.29) is 17.0 Å². The van der Waals surface area contributed by atoms with Crippen molar-refractivity contribution in [2.45, 2.75) is 10.4 Å². The molecule has 0 aliphatic carbocycles. The second kappa shape index (κ2) is 5.09. The third-order valence-electron chi connectivity index (χ3n) is 2.63. The fraction of sp³-hybridized carbons (Fsp3) is 0.0833. The van der Waals surface area contributed by atoms with E-state index in [0.29, 0.717) is 11.1 Å². The molecule has 21 heavy (non-hydrogen) atoms. The Bertz CT molecular complexity index is 818. The number of aromatic nitrogens is 1. The first-order valence-electron chi connectivity index (χ1n) is 5.37. The standard InChI is InChI=1S/C12H6ClF3N2O2S/c13-8-3-1-7(2-4-8)11-10(5-9(6-17)18-11)21(19,20)12(14,15)16/h1-5,18H. The molecule has 0 unspecified atom stereocenters. The molecule has 0 aliphatic heterocycles. The highest BCUT2D eigenvalue weighted by Gasteiger charge is 2.48. The lowest BCUT2D eigenvalue weighted by atomic mass is 10.2. The zero-order chi connectivity index (χ0) is 15.8. The Morgan fingerprint density at radius 2 is 1.76 bits per heavy atom. The van der Waals surface area contributed by atoms with Crippen LogP contribution in [0.1, 0.15) is 5.69 Å². The highest BCUT2D eigenvalue weighted by Crippen LogP contribution is 2.36. The van der Waals surface area contributed by atoms with Crippen LogP contribution in [0.2, 0.25) is 5.02 Å². The Morgan fingerprint density at radius 3 is 2.24 bits per heavy atom. The second-order valence-corrected chi connectivity index (χ2v) is 6.34. The zero-order valence-corrected chi connectivity index (χ0v) is 11.6. The molecular weight excluding hydrogens is 329 g/mol. The van der Waals surface area contributed by atoms with E-state index in [1.54, 1.807) is 6.07 Å². The van der Waals surface area contributed by atoms with Crippen molar-refractivity contribution in [1.82, 2.24) is 4.98 Å². The highest BCUT2D eigenvalue weighted by atomic mass is 35.5. The van der Waals surface area contributed by atoms with E-state index in [9.17, 15) is 21.6 Å². The molecule has 4 nitrogen and oxygen atoms in total. The molecule has 0 atom stereocenters. The van der Waals surface area contributed by atoms with Crippen LogP contribution in [-0.2, 0) is 9.84 Å². The summed E-state index contributed by atoms with van der Waals surface area (Å²) in [5.41, 5.74) is -5.88. The number of sulfone groups is 1. The van der Waals surface area contributed by atoms with Gasteiger partial charge in [-0.3, -0.25) is 0 Å². The molecule has 0 bridgehead atoms. The molecule has 1 N–H and O–H groups in total. The number of alkyl halides is 3. The highest BCUT2D eigenvalue weighted by molar-refractivity contribution is 7.92. The Morgan fingerprint density at radius 1 is 1.19 bits per heavy atom. The monoisotopic (exact) mass is 334 g/mol. The molecule has 0 aliphatic rings. The lowest BCUT2D eigenvalue weighted by Crippen LogP contribution is -2.23. The van der Waals surface area contributed by atoms with Gasteiger partial charge >= 0.3 is 5.51 Å². The van der Waals surface area contributed by atoms with Crippen LogP contribution in [0.5, 0.6) is 0 Å². The van der Waals surface area contributed by atoms with E-state index in [2.05, 4.69) is 4.98 Å². The van der Waals surface area contributed by atoms with Crippen molar-refractivity contribution < 1.29 is 21.6 Å². The van der Waals surface area contributed by atoms with Crippen LogP contribution in [0.3, 0.4) is 0 Å². The average molecular weight is 335 g/mol. The van der Waals surface area contributed by atoms with Crippen molar-refractivity contribution in [3.8, 4) is 17.3 Å². The van der Waals surface area contributed by atoms with Gasteiger partial charge in [0.25, 0.3) is 9.84 Å². The molecule has 0 saturated carbocycles. The number of H-pyrrole nitrogens is 1. The summed E-state index contributed by atoms with van der Waals surface area (Å²) >= 11 is 5.67. The number of aromatic amines is 1. The van der Waals surface area contributed by atoms with Crippen molar-refractivity contribution in [2.24, 2.45) is 0 Å². The number of rotatable bonds is 2. The maximum absolute atomic E-state index is 12.7. The van der Waals surface area contributed by atoms with Crippen LogP contribution >= 0.6 is 11.6 Å². The number of benzene rings is 1. The number of nitriles is 1. The minimum Gasteiger partial charge on any atom is -0.345 e. The topological polar surface area (TPSA) is 73.7 Å². The molecule has 2 rings (SSSR count). The summed E-state index contributed by atoms with van der Waals surface area (Å²) in [6.45, 7) is 0. The minimum absolute atomic E-state index is 0.170. The second-order valence-electron chi connectivity index (χ2n) is 3.99. The fourth-order valence-corrected chi connectivity index (χ4v) is 2.75. The molecule has 9 heteroatoms. The minimum atomic E-state index is -5.57. The predicted octanol–water partition coefficient (Wildman–Crippen LogP) is 3.50. The van der Waals surface area contributed by atoms with Crippen LogP contribution < -0.4 is 0 Å². The molecule has 0 saturated heterocycles. The molecule has 1 aromatic heterocycles. The van der Waals surface area contributed by atoms with Gasteiger partial charge in [-0.05, 0) is 23.8 Å². The van der Waals surface area contributed by atoms with Gasteiger partial charge in [-0.25, -0.2) is 8.42 Å². The van der Waals surface area contributed by atoms with Gasteiger partial charge in [-0.1, -0.05) is 23.7 Å². The summed E-state index contributed by atoms with van der Waals surface area (Å²) < 4.78 is 61.2. The van der Waals surface area contributed by atoms with E-state index in [0.717, 1.165) is 0 Å². The molecule has 1 aromatic carbocycles. The number of halogens is 4. The Balaban J connectivity index is 2.71. The number of hydrogen-bond acceptors (Lipinski definition) is 3. The largest absolute Gasteiger partial charge is 0.501 e. The molecular formula is C12H6ClF3N2O2S. The zero-order valence-electron chi connectivity index (χ0n) is 10.1. The number of hydrogen-bond donors (Lipinski definition) is 1. The molecule has 2 aromatic rings. The number of nitrogens with one attached hydrogen (secondary N) is 1. The van der Waals surface area contributed by atoms with Gasteiger partial charge in [0.1, 0.15) is 16.7 Å². The Labute approximate surface area is 122 Å². The molecule has 1 heterocycles. The molecule has 110 valence electrons. The van der Waals surface area contributed by atoms with Gasteiger partial charge in [0.2, 0.25) is 0 Å². The normalized spacial score (nSPS) is 12.1. The van der Waals surface area contributed by atoms with E-state index in [1.807, 2.05) is 0 Å². The van der Waals surface area contributed by atoms with Crippen molar-refractivity contribution in [3.63, 3.8) is 0 Å². The van der Waals surface area contributed by atoms with Gasteiger partial charge in [0, 0.05) is 5.02 Å². The van der Waals surface area contributed by atoms with E-state index in [1.165, 1.54) is 24.3 Å². The summed E-state index contributed by atoms with van der Waals surface area (Å²) in [5, 5.41) is 9.10. The van der Waals surface area contributed by atoms with Gasteiger partial charge < -0.3 is 4.98 Å². The van der Waals surface area contributed by atoms with E-state index < -0.39 is 20.2 Å². The van der Waals surface area contributed by atoms with Crippen LogP contribution in [0, 0.1) is 11.3 Å². The van der Waals surface area contributed by atoms with E-state index in [4.69, 9.17) is 16.9 Å². The van der Waals surface area contributed by atoms with Crippen molar-refractivity contribution in [1.29, 1.82) is 5.26 Å². The summed E-state index contributed by atoms with van der Waals surface area (Å²) in [6.07, 6.45) is 0. The lowest BCUT2D eigenvalue weighted by Gasteiger charge is -2.09. The van der Waals surface area contributed by atoms with Gasteiger partial charge in [0.15, 0.2) is 0 Å². The first kappa shape index (κ1) is 15.4. The van der Waals surface area contributed by atoms with Crippen molar-refractivity contribution in [2.75, 3.05) is 0 Å². The molecule has 0 amide bonds. The molecule has 0 radical (unpaired) electrons. The Hall–Kier alpha value is -1.98. The predicted molar refractivity (Wildman–Crippen MR) is 69.2 cm³/mol. The summed E-state index contributed by atoms with van der Waals surface area (Å²) in [7, 11) is -5.57. The van der Waals surface area contributed by atoms with Crippen molar-refractivity contribution in [3.05, 3.63) is 41.0 Å². The van der Waals surface area contributed by atoms with Crippen LogP contribution in [0.4, 0.5) is 13.2 Å². The van der Waals surface area contributed by atoms with Crippen LogP contribution in [-0.4, -0.2) is 18.9 Å². The third-order valence-corrected chi connectivity index (χ3v) is 4.39. The SMILES string of the molecule is N#Cc1cc(S(=O)(=O)C(F)(F)F)c(-c2ccc(Cl)cc2)[nH]1. The third kappa shape index (κ3) is 2.75. The smallest absolute Gasteiger partial charge is 0.345 e. The maximum atomic E-state index is 12.7. The fourth-order valence-electron chi connectivity index (χ4n) is 1.66. The van der Waals surface area contributed by atoms with Crippen LogP contribution in [0.15, 0.2) is 35.2 Å². The van der Waals surface area contributed by atoms with Gasteiger partial charge in [0.05, 0.1) is 5.69 Å². The summed E-state index contributed by atoms with van der Waals surface area (Å²) in [6, 6.07) is 7.74. The van der Waals surface area contributed by atoms with Crippen LogP contribution in [0.25, 0.3) is 11.3 Å². The maximum Gasteiger partial charge on any atom is 0.501 e.